The molecule has 2 aliphatic rings. The maximum absolute atomic E-state index is 12.9. The third kappa shape index (κ3) is 5.67. The lowest BCUT2D eigenvalue weighted by Crippen LogP contribution is -2.37. The van der Waals surface area contributed by atoms with Crippen molar-refractivity contribution >= 4 is 27.7 Å². The minimum absolute atomic E-state index is 0.0359. The Kier molecular flexibility index (Phi) is 7.29. The minimum atomic E-state index is -3.54. The Morgan fingerprint density at radius 1 is 1.10 bits per heavy atom. The molecular formula is C21H28N4O4S2. The van der Waals surface area contributed by atoms with Crippen LogP contribution in [-0.2, 0) is 14.8 Å². The number of carbonyl (C=O) groups excluding carboxylic acids is 1. The maximum Gasteiger partial charge on any atom is 0.277 e. The highest BCUT2D eigenvalue weighted by molar-refractivity contribution is 7.99. The van der Waals surface area contributed by atoms with Gasteiger partial charge in [0.2, 0.25) is 21.8 Å². The lowest BCUT2D eigenvalue weighted by molar-refractivity contribution is -0.119. The summed E-state index contributed by atoms with van der Waals surface area (Å²) in [5.74, 6) is 0.416. The number of nitrogens with zero attached hydrogens (tertiary/aromatic N) is 3. The lowest BCUT2D eigenvalue weighted by atomic mass is 9.95. The van der Waals surface area contributed by atoms with Gasteiger partial charge in [-0.05, 0) is 43.9 Å². The summed E-state index contributed by atoms with van der Waals surface area (Å²) >= 11 is 1.19. The molecule has 1 aromatic carbocycles. The summed E-state index contributed by atoms with van der Waals surface area (Å²) in [4.78, 5) is 12.4. The van der Waals surface area contributed by atoms with Crippen molar-refractivity contribution in [2.24, 2.45) is 0 Å². The number of piperidine rings is 1. The molecule has 1 aliphatic carbocycles. The first-order valence-electron chi connectivity index (χ1n) is 10.9. The first-order valence-corrected chi connectivity index (χ1v) is 13.3. The number of carbonyl (C=O) groups is 1. The second-order valence-corrected chi connectivity index (χ2v) is 10.9. The lowest BCUT2D eigenvalue weighted by Gasteiger charge is -2.25. The Morgan fingerprint density at radius 2 is 1.84 bits per heavy atom. The van der Waals surface area contributed by atoms with Crippen LogP contribution in [0.4, 0.5) is 0 Å². The predicted molar refractivity (Wildman–Crippen MR) is 118 cm³/mol. The molecule has 8 nitrogen and oxygen atoms in total. The van der Waals surface area contributed by atoms with Crippen molar-refractivity contribution in [1.29, 1.82) is 0 Å². The van der Waals surface area contributed by atoms with E-state index < -0.39 is 10.0 Å². The number of hydrogen-bond acceptors (Lipinski definition) is 7. The fraction of sp³-hybridized carbons (Fsp3) is 0.571. The Bertz CT molecular complexity index is 996. The molecule has 2 fully saturated rings. The van der Waals surface area contributed by atoms with Gasteiger partial charge in [0.1, 0.15) is 0 Å². The molecule has 4 rings (SSSR count). The van der Waals surface area contributed by atoms with Crippen LogP contribution in [0.2, 0.25) is 0 Å². The number of amides is 1. The van der Waals surface area contributed by atoms with Gasteiger partial charge in [-0.3, -0.25) is 4.79 Å². The van der Waals surface area contributed by atoms with Gasteiger partial charge in [-0.2, -0.15) is 4.31 Å². The van der Waals surface area contributed by atoms with E-state index >= 15 is 0 Å². The maximum atomic E-state index is 12.9. The van der Waals surface area contributed by atoms with Crippen LogP contribution in [0.25, 0.3) is 11.5 Å². The van der Waals surface area contributed by atoms with Crippen LogP contribution >= 0.6 is 11.8 Å². The first kappa shape index (κ1) is 22.3. The molecule has 0 unspecified atom stereocenters. The highest BCUT2D eigenvalue weighted by atomic mass is 32.2. The molecular weight excluding hydrogens is 436 g/mol. The Labute approximate surface area is 187 Å². The summed E-state index contributed by atoms with van der Waals surface area (Å²) in [5, 5.41) is 11.4. The molecule has 1 aromatic heterocycles. The molecule has 2 aromatic rings. The smallest absolute Gasteiger partial charge is 0.277 e. The Morgan fingerprint density at radius 3 is 2.61 bits per heavy atom. The molecule has 1 saturated carbocycles. The monoisotopic (exact) mass is 464 g/mol. The van der Waals surface area contributed by atoms with Crippen molar-refractivity contribution in [3.8, 4) is 11.5 Å². The molecule has 0 spiro atoms. The van der Waals surface area contributed by atoms with E-state index in [-0.39, 0.29) is 33.7 Å². The fourth-order valence-electron chi connectivity index (χ4n) is 4.07. The van der Waals surface area contributed by atoms with Crippen LogP contribution in [0.3, 0.4) is 0 Å². The molecule has 0 bridgehead atoms. The zero-order chi connectivity index (χ0) is 21.7. The predicted octanol–water partition coefficient (Wildman–Crippen LogP) is 3.45. The van der Waals surface area contributed by atoms with Gasteiger partial charge in [0, 0.05) is 24.7 Å². The average Bonchev–Trinajstić information content (AvgIpc) is 3.28. The first-order chi connectivity index (χ1) is 15.0. The summed E-state index contributed by atoms with van der Waals surface area (Å²) < 4.78 is 33.1. The van der Waals surface area contributed by atoms with E-state index in [0.29, 0.717) is 18.7 Å². The van der Waals surface area contributed by atoms with Crippen molar-refractivity contribution in [2.45, 2.75) is 67.5 Å². The van der Waals surface area contributed by atoms with Gasteiger partial charge in [-0.25, -0.2) is 8.42 Å². The SMILES string of the molecule is O=C(CSc1nnc(-c2cccc(S(=O)(=O)N3CCCCC3)c2)o1)NC1CCCCC1. The molecule has 0 radical (unpaired) electrons. The van der Waals surface area contributed by atoms with Crippen molar-refractivity contribution < 1.29 is 17.6 Å². The molecule has 10 heteroatoms. The largest absolute Gasteiger partial charge is 0.411 e. The quantitative estimate of drug-likeness (QED) is 0.626. The van der Waals surface area contributed by atoms with Gasteiger partial charge in [0.25, 0.3) is 5.22 Å². The van der Waals surface area contributed by atoms with Gasteiger partial charge in [0.05, 0.1) is 10.6 Å². The van der Waals surface area contributed by atoms with Crippen LogP contribution in [0.5, 0.6) is 0 Å². The topological polar surface area (TPSA) is 105 Å². The van der Waals surface area contributed by atoms with Crippen LogP contribution in [0.15, 0.2) is 38.8 Å². The van der Waals surface area contributed by atoms with E-state index in [0.717, 1.165) is 44.9 Å². The summed E-state index contributed by atoms with van der Waals surface area (Å²) in [7, 11) is -3.54. The fourth-order valence-corrected chi connectivity index (χ4v) is 6.21. The standard InChI is InChI=1S/C21H28N4O4S2/c26-19(22-17-9-3-1-4-10-17)15-30-21-24-23-20(29-21)16-8-7-11-18(14-16)31(27,28)25-12-5-2-6-13-25/h7-8,11,14,17H,1-6,9-10,12-13,15H2,(H,22,26). The summed E-state index contributed by atoms with van der Waals surface area (Å²) in [6.07, 6.45) is 8.49. The number of thioether (sulfide) groups is 1. The summed E-state index contributed by atoms with van der Waals surface area (Å²) in [6, 6.07) is 6.86. The van der Waals surface area contributed by atoms with Crippen LogP contribution in [0.1, 0.15) is 51.4 Å². The van der Waals surface area contributed by atoms with Crippen LogP contribution in [-0.4, -0.2) is 53.7 Å². The zero-order valence-corrected chi connectivity index (χ0v) is 19.1. The molecule has 1 saturated heterocycles. The molecule has 168 valence electrons. The Balaban J connectivity index is 1.38. The molecule has 31 heavy (non-hydrogen) atoms. The third-order valence-electron chi connectivity index (χ3n) is 5.74. The number of benzene rings is 1. The summed E-state index contributed by atoms with van der Waals surface area (Å²) in [5.41, 5.74) is 0.545. The van der Waals surface area contributed by atoms with Gasteiger partial charge in [-0.15, -0.1) is 10.2 Å². The second-order valence-electron chi connectivity index (χ2n) is 8.06. The Hall–Kier alpha value is -1.91. The number of sulfonamides is 1. The van der Waals surface area contributed by atoms with Crippen molar-refractivity contribution in [2.75, 3.05) is 18.8 Å². The van der Waals surface area contributed by atoms with Crippen LogP contribution in [0, 0.1) is 0 Å². The molecule has 1 aliphatic heterocycles. The molecule has 1 amide bonds. The van der Waals surface area contributed by atoms with Crippen molar-refractivity contribution in [3.63, 3.8) is 0 Å². The highest BCUT2D eigenvalue weighted by Gasteiger charge is 2.26. The second kappa shape index (κ2) is 10.1. The van der Waals surface area contributed by atoms with E-state index in [9.17, 15) is 13.2 Å². The number of rotatable bonds is 7. The van der Waals surface area contributed by atoms with Crippen molar-refractivity contribution in [1.82, 2.24) is 19.8 Å². The third-order valence-corrected chi connectivity index (χ3v) is 8.45. The van der Waals surface area contributed by atoms with Gasteiger partial charge in [0.15, 0.2) is 0 Å². The molecule has 2 heterocycles. The van der Waals surface area contributed by atoms with Gasteiger partial charge < -0.3 is 9.73 Å². The van der Waals surface area contributed by atoms with Gasteiger partial charge in [-0.1, -0.05) is 43.5 Å². The average molecular weight is 465 g/mol. The van der Waals surface area contributed by atoms with E-state index in [1.807, 2.05) is 0 Å². The molecule has 1 N–H and O–H groups in total. The minimum Gasteiger partial charge on any atom is -0.411 e. The summed E-state index contributed by atoms with van der Waals surface area (Å²) in [6.45, 7) is 1.10. The zero-order valence-electron chi connectivity index (χ0n) is 17.5. The van der Waals surface area contributed by atoms with E-state index in [2.05, 4.69) is 15.5 Å². The normalized spacial score (nSPS) is 18.7. The highest BCUT2D eigenvalue weighted by Crippen LogP contribution is 2.27. The molecule has 0 atom stereocenters. The number of nitrogens with one attached hydrogen (secondary N) is 1. The van der Waals surface area contributed by atoms with E-state index in [1.54, 1.807) is 24.3 Å². The van der Waals surface area contributed by atoms with Crippen molar-refractivity contribution in [3.05, 3.63) is 24.3 Å². The number of aromatic nitrogens is 2. The number of hydrogen-bond donors (Lipinski definition) is 1. The van der Waals surface area contributed by atoms with E-state index in [4.69, 9.17) is 4.42 Å². The van der Waals surface area contributed by atoms with Crippen LogP contribution < -0.4 is 5.32 Å². The van der Waals surface area contributed by atoms with Gasteiger partial charge >= 0.3 is 0 Å². The van der Waals surface area contributed by atoms with E-state index in [1.165, 1.54) is 22.5 Å².